The van der Waals surface area contributed by atoms with Crippen LogP contribution in [0.15, 0.2) is 53.6 Å². The summed E-state index contributed by atoms with van der Waals surface area (Å²) in [6, 6.07) is 4.90. The standard InChI is InChI=1S/C51H74F2N2O10/c1-9-37-26-31(3)45(53)32(4)27-43(61-7)47-44(62-8)28-34(6)51(60,65-47)48(57)49(58)55-23-11-10-14-40(55)50(59)64-46(30(2)15-22-41(37)56)33(5)25-36-18-21-39(54)42(29-36)63-24-12-13-35-16-19-38(52)20-17-35/h12-13,16-17,19-20,25-26,30,32,34,36-37,39-40,42-47,60H,9-11,14-15,18,21-24,27-29,54H2,1-8H3/b13-12?,31-26+,33-25?. The molecule has 5 rings (SSSR count). The first-order valence-corrected chi connectivity index (χ1v) is 23.8. The van der Waals surface area contributed by atoms with Crippen LogP contribution in [0.5, 0.6) is 0 Å². The number of carbonyl (C=O) groups is 4. The summed E-state index contributed by atoms with van der Waals surface area (Å²) >= 11 is 0. The highest BCUT2D eigenvalue weighted by Crippen LogP contribution is 2.39. The third kappa shape index (κ3) is 13.1. The molecule has 0 radical (unpaired) electrons. The van der Waals surface area contributed by atoms with Gasteiger partial charge in [-0.3, -0.25) is 14.4 Å². The number of piperidine rings is 1. The van der Waals surface area contributed by atoms with Crippen LogP contribution >= 0.6 is 0 Å². The lowest BCUT2D eigenvalue weighted by molar-refractivity contribution is -0.302. The number of Topliss-reactive ketones (excluding diaryl/α,β-unsaturated/α-hetero) is 2. The third-order valence-corrected chi connectivity index (χ3v) is 14.3. The van der Waals surface area contributed by atoms with Crippen LogP contribution in [0.25, 0.3) is 6.08 Å². The number of allylic oxidation sites excluding steroid dienone is 3. The summed E-state index contributed by atoms with van der Waals surface area (Å²) < 4.78 is 60.1. The fourth-order valence-electron chi connectivity index (χ4n) is 10.2. The van der Waals surface area contributed by atoms with Crippen molar-refractivity contribution in [3.8, 4) is 0 Å². The molecule has 3 N–H and O–H groups in total. The van der Waals surface area contributed by atoms with Gasteiger partial charge in [-0.2, -0.15) is 0 Å². The fraction of sp³-hybridized carbons (Fsp3) is 0.686. The van der Waals surface area contributed by atoms with Gasteiger partial charge in [-0.1, -0.05) is 64.1 Å². The highest BCUT2D eigenvalue weighted by molar-refractivity contribution is 6.39. The number of alkyl halides is 1. The maximum absolute atomic E-state index is 16.3. The monoisotopic (exact) mass is 913 g/mol. The van der Waals surface area contributed by atoms with Crippen LogP contribution in [0.1, 0.15) is 118 Å². The number of hydrogen-bond acceptors (Lipinski definition) is 11. The molecule has 14 atom stereocenters. The van der Waals surface area contributed by atoms with Crippen LogP contribution in [-0.2, 0) is 42.9 Å². The van der Waals surface area contributed by atoms with Gasteiger partial charge in [-0.25, -0.2) is 13.6 Å². The van der Waals surface area contributed by atoms with Crippen LogP contribution < -0.4 is 5.73 Å². The molecule has 12 nitrogen and oxygen atoms in total. The van der Waals surface area contributed by atoms with E-state index in [1.807, 2.05) is 32.9 Å². The van der Waals surface area contributed by atoms with Gasteiger partial charge in [0.25, 0.3) is 11.7 Å². The lowest BCUT2D eigenvalue weighted by Gasteiger charge is -2.47. The summed E-state index contributed by atoms with van der Waals surface area (Å²) in [5, 5.41) is 12.1. The van der Waals surface area contributed by atoms with Crippen molar-refractivity contribution in [2.45, 2.75) is 167 Å². The number of ketones is 2. The number of nitrogens with two attached hydrogens (primary N) is 1. The van der Waals surface area contributed by atoms with Crippen molar-refractivity contribution in [2.24, 2.45) is 35.3 Å². The molecule has 1 aliphatic carbocycles. The summed E-state index contributed by atoms with van der Waals surface area (Å²) in [5.74, 6) is -8.22. The number of carbonyl (C=O) groups excluding carboxylic acids is 4. The molecule has 0 aromatic heterocycles. The first-order chi connectivity index (χ1) is 30.9. The Morgan fingerprint density at radius 2 is 1.65 bits per heavy atom. The Kier molecular flexibility index (Phi) is 19.2. The first kappa shape index (κ1) is 52.3. The number of fused-ring (bicyclic) bond motifs is 3. The number of methoxy groups -OCH3 is 2. The predicted octanol–water partition coefficient (Wildman–Crippen LogP) is 7.64. The lowest BCUT2D eigenvalue weighted by atomic mass is 9.81. The number of halogens is 2. The average molecular weight is 913 g/mol. The van der Waals surface area contributed by atoms with Gasteiger partial charge in [0.2, 0.25) is 5.79 Å². The normalized spacial score (nSPS) is 37.5. The van der Waals surface area contributed by atoms with E-state index in [0.717, 1.165) is 17.6 Å². The molecule has 14 heteroatoms. The van der Waals surface area contributed by atoms with Gasteiger partial charge in [0.1, 0.15) is 36.0 Å². The minimum absolute atomic E-state index is 0.0371. The minimum atomic E-state index is -2.58. The molecule has 3 aliphatic heterocycles. The number of rotatable bonds is 9. The van der Waals surface area contributed by atoms with Crippen LogP contribution in [-0.4, -0.2) is 115 Å². The summed E-state index contributed by atoms with van der Waals surface area (Å²) in [7, 11) is 2.91. The second-order valence-electron chi connectivity index (χ2n) is 19.2. The smallest absolute Gasteiger partial charge is 0.329 e. The summed E-state index contributed by atoms with van der Waals surface area (Å²) in [5.41, 5.74) is 8.57. The van der Waals surface area contributed by atoms with E-state index in [4.69, 9.17) is 29.4 Å². The Hall–Kier alpha value is -3.66. The van der Waals surface area contributed by atoms with Gasteiger partial charge in [-0.15, -0.1) is 0 Å². The largest absolute Gasteiger partial charge is 0.456 e. The molecule has 362 valence electrons. The Morgan fingerprint density at radius 3 is 2.32 bits per heavy atom. The van der Waals surface area contributed by atoms with E-state index in [2.05, 4.69) is 6.08 Å². The first-order valence-electron chi connectivity index (χ1n) is 23.8. The lowest BCUT2D eigenvalue weighted by Crippen LogP contribution is -2.64. The van der Waals surface area contributed by atoms with E-state index < -0.39 is 77.8 Å². The zero-order valence-corrected chi connectivity index (χ0v) is 39.7. The molecule has 1 aromatic rings. The maximum atomic E-state index is 16.3. The number of amides is 1. The molecule has 1 saturated carbocycles. The van der Waals surface area contributed by atoms with Gasteiger partial charge in [0.05, 0.1) is 24.9 Å². The van der Waals surface area contributed by atoms with Crippen LogP contribution in [0.4, 0.5) is 8.78 Å². The van der Waals surface area contributed by atoms with Crippen molar-refractivity contribution in [3.63, 3.8) is 0 Å². The van der Waals surface area contributed by atoms with Crippen LogP contribution in [0.3, 0.4) is 0 Å². The van der Waals surface area contributed by atoms with Crippen LogP contribution in [0.2, 0.25) is 0 Å². The SMILES string of the molecule is CCC1/C=C(\C)C(F)C(C)CC(OC)C2OC(O)(C(=O)C(=O)N3CCCCC3C(=O)OC(C(C)=CC3CCC(N)C(OCC=Cc4ccc(F)cc4)C3)C(C)CCC1=O)C(C)CC2OC. The van der Waals surface area contributed by atoms with Crippen molar-refractivity contribution in [1.82, 2.24) is 4.90 Å². The Bertz CT molecular complexity index is 1870. The molecular weight excluding hydrogens is 839 g/mol. The summed E-state index contributed by atoms with van der Waals surface area (Å²) in [4.78, 5) is 58.2. The molecule has 3 fully saturated rings. The van der Waals surface area contributed by atoms with Gasteiger partial charge < -0.3 is 39.4 Å². The highest BCUT2D eigenvalue weighted by Gasteiger charge is 2.56. The minimum Gasteiger partial charge on any atom is -0.456 e. The number of hydrogen-bond donors (Lipinski definition) is 2. The van der Waals surface area contributed by atoms with E-state index in [1.165, 1.54) is 31.3 Å². The Labute approximate surface area is 384 Å². The molecule has 1 aromatic carbocycles. The molecular formula is C51H74F2N2O10. The molecule has 2 bridgehead atoms. The van der Waals surface area contributed by atoms with E-state index >= 15 is 4.39 Å². The molecule has 1 amide bonds. The van der Waals surface area contributed by atoms with Gasteiger partial charge in [0, 0.05) is 45.1 Å². The number of aliphatic hydroxyl groups is 1. The molecule has 2 saturated heterocycles. The van der Waals surface area contributed by atoms with Gasteiger partial charge >= 0.3 is 5.97 Å². The second kappa shape index (κ2) is 23.9. The number of benzene rings is 1. The number of ether oxygens (including phenoxy) is 5. The molecule has 3 heterocycles. The molecule has 4 aliphatic rings. The zero-order chi connectivity index (χ0) is 47.6. The Balaban J connectivity index is 1.45. The Morgan fingerprint density at radius 1 is 0.954 bits per heavy atom. The molecule has 14 unspecified atom stereocenters. The molecule has 0 spiro atoms. The summed E-state index contributed by atoms with van der Waals surface area (Å²) in [6.45, 7) is 11.1. The predicted molar refractivity (Wildman–Crippen MR) is 243 cm³/mol. The topological polar surface area (TPSA) is 164 Å². The molecule has 65 heavy (non-hydrogen) atoms. The summed E-state index contributed by atoms with van der Waals surface area (Å²) in [6.07, 6.45) is 7.28. The van der Waals surface area contributed by atoms with Crippen molar-refractivity contribution >= 4 is 29.5 Å². The van der Waals surface area contributed by atoms with E-state index in [0.29, 0.717) is 50.7 Å². The van der Waals surface area contributed by atoms with Gasteiger partial charge in [-0.05, 0) is 125 Å². The average Bonchev–Trinajstić information content (AvgIpc) is 3.30. The zero-order valence-electron chi connectivity index (χ0n) is 39.7. The highest BCUT2D eigenvalue weighted by atomic mass is 19.1. The van der Waals surface area contributed by atoms with Gasteiger partial charge in [0.15, 0.2) is 0 Å². The quantitative estimate of drug-likeness (QED) is 0.142. The van der Waals surface area contributed by atoms with Crippen molar-refractivity contribution in [2.75, 3.05) is 27.4 Å². The van der Waals surface area contributed by atoms with E-state index in [9.17, 15) is 28.7 Å². The fourth-order valence-corrected chi connectivity index (χ4v) is 10.2. The number of nitrogens with zero attached hydrogens (tertiary/aromatic N) is 1. The van der Waals surface area contributed by atoms with Crippen molar-refractivity contribution in [1.29, 1.82) is 0 Å². The number of cyclic esters (lactones) is 1. The van der Waals surface area contributed by atoms with E-state index in [-0.39, 0.29) is 67.8 Å². The number of esters is 1. The van der Waals surface area contributed by atoms with Crippen molar-refractivity contribution in [3.05, 3.63) is 65.0 Å². The van der Waals surface area contributed by atoms with Crippen molar-refractivity contribution < 1.29 is 56.7 Å². The van der Waals surface area contributed by atoms with E-state index in [1.54, 1.807) is 39.0 Å². The third-order valence-electron chi connectivity index (χ3n) is 14.3. The second-order valence-corrected chi connectivity index (χ2v) is 19.2. The van der Waals surface area contributed by atoms with Crippen LogP contribution in [0, 0.1) is 35.4 Å². The maximum Gasteiger partial charge on any atom is 0.329 e.